The minimum atomic E-state index is 0.592. The molecule has 0 radical (unpaired) electrons. The first-order valence-corrected chi connectivity index (χ1v) is 10.2. The Morgan fingerprint density at radius 2 is 1.85 bits per heavy atom. The lowest BCUT2D eigenvalue weighted by Crippen LogP contribution is -2.47. The lowest BCUT2D eigenvalue weighted by atomic mass is 9.99. The summed E-state index contributed by atoms with van der Waals surface area (Å²) in [5.74, 6) is 1.68. The van der Waals surface area contributed by atoms with Crippen molar-refractivity contribution >= 4 is 5.96 Å². The van der Waals surface area contributed by atoms with Crippen LogP contribution in [0.2, 0.25) is 0 Å². The molecule has 2 aliphatic heterocycles. The number of nitrogens with zero attached hydrogens (tertiary/aromatic N) is 3. The molecule has 0 amide bonds. The van der Waals surface area contributed by atoms with Gasteiger partial charge in [-0.05, 0) is 57.3 Å². The summed E-state index contributed by atoms with van der Waals surface area (Å²) in [6, 6.07) is 11.4. The highest BCUT2D eigenvalue weighted by Gasteiger charge is 2.24. The highest BCUT2D eigenvalue weighted by Crippen LogP contribution is 2.19. The summed E-state index contributed by atoms with van der Waals surface area (Å²) >= 11 is 0. The van der Waals surface area contributed by atoms with Gasteiger partial charge in [-0.2, -0.15) is 0 Å². The van der Waals surface area contributed by atoms with Gasteiger partial charge in [0, 0.05) is 39.3 Å². The second-order valence-corrected chi connectivity index (χ2v) is 7.86. The van der Waals surface area contributed by atoms with Gasteiger partial charge in [0.05, 0.1) is 0 Å². The van der Waals surface area contributed by atoms with Crippen LogP contribution in [-0.4, -0.2) is 68.6 Å². The summed E-state index contributed by atoms with van der Waals surface area (Å²) in [6.45, 7) is 6.66. The SMILES string of the molecule is CN=C(NCC1CCCN(C)C1)NCC1CCCN1Cc1ccccc1. The van der Waals surface area contributed by atoms with E-state index >= 15 is 0 Å². The Morgan fingerprint density at radius 3 is 2.62 bits per heavy atom. The second kappa shape index (κ2) is 9.93. The zero-order valence-electron chi connectivity index (χ0n) is 16.5. The number of hydrogen-bond donors (Lipinski definition) is 2. The first-order valence-electron chi connectivity index (χ1n) is 10.2. The number of guanidine groups is 1. The quantitative estimate of drug-likeness (QED) is 0.605. The van der Waals surface area contributed by atoms with Gasteiger partial charge >= 0.3 is 0 Å². The number of aliphatic imine (C=N–C) groups is 1. The van der Waals surface area contributed by atoms with Gasteiger partial charge in [0.25, 0.3) is 0 Å². The summed E-state index contributed by atoms with van der Waals surface area (Å²) < 4.78 is 0. The molecule has 0 bridgehead atoms. The molecule has 0 spiro atoms. The van der Waals surface area contributed by atoms with Crippen LogP contribution in [0, 0.1) is 5.92 Å². The third kappa shape index (κ3) is 5.71. The molecule has 3 rings (SSSR count). The molecule has 2 heterocycles. The molecule has 2 aliphatic rings. The fourth-order valence-corrected chi connectivity index (χ4v) is 4.27. The van der Waals surface area contributed by atoms with E-state index in [9.17, 15) is 0 Å². The molecule has 5 heteroatoms. The molecular weight excluding hydrogens is 322 g/mol. The minimum absolute atomic E-state index is 0.592. The van der Waals surface area contributed by atoms with Crippen LogP contribution in [0.1, 0.15) is 31.2 Å². The smallest absolute Gasteiger partial charge is 0.191 e. The van der Waals surface area contributed by atoms with Crippen molar-refractivity contribution in [2.75, 3.05) is 46.8 Å². The molecule has 1 aromatic rings. The van der Waals surface area contributed by atoms with Gasteiger partial charge in [-0.15, -0.1) is 0 Å². The Hall–Kier alpha value is -1.59. The molecule has 5 nitrogen and oxygen atoms in total. The van der Waals surface area contributed by atoms with E-state index < -0.39 is 0 Å². The number of rotatable bonds is 6. The van der Waals surface area contributed by atoms with Gasteiger partial charge in [-0.3, -0.25) is 9.89 Å². The first-order chi connectivity index (χ1) is 12.7. The standard InChI is InChI=1S/C21H35N5/c1-22-21(23-14-19-10-6-12-25(2)16-19)24-15-20-11-7-13-26(20)17-18-8-4-3-5-9-18/h3-5,8-9,19-20H,6-7,10-17H2,1-2H3,(H2,22,23,24). The van der Waals surface area contributed by atoms with Gasteiger partial charge < -0.3 is 15.5 Å². The van der Waals surface area contributed by atoms with Crippen molar-refractivity contribution in [3.63, 3.8) is 0 Å². The Morgan fingerprint density at radius 1 is 1.08 bits per heavy atom. The zero-order valence-corrected chi connectivity index (χ0v) is 16.5. The molecule has 144 valence electrons. The Labute approximate surface area is 158 Å². The number of piperidine rings is 1. The van der Waals surface area contributed by atoms with Gasteiger partial charge in [0.15, 0.2) is 5.96 Å². The van der Waals surface area contributed by atoms with Crippen LogP contribution in [-0.2, 0) is 6.54 Å². The van der Waals surface area contributed by atoms with Gasteiger partial charge in [-0.1, -0.05) is 30.3 Å². The van der Waals surface area contributed by atoms with Crippen molar-refractivity contribution in [3.8, 4) is 0 Å². The largest absolute Gasteiger partial charge is 0.356 e. The summed E-state index contributed by atoms with van der Waals surface area (Å²) in [6.07, 6.45) is 5.19. The van der Waals surface area contributed by atoms with E-state index in [1.165, 1.54) is 50.9 Å². The van der Waals surface area contributed by atoms with Crippen LogP contribution in [0.3, 0.4) is 0 Å². The van der Waals surface area contributed by atoms with Gasteiger partial charge in [-0.25, -0.2) is 0 Å². The number of hydrogen-bond acceptors (Lipinski definition) is 3. The van der Waals surface area contributed by atoms with E-state index in [0.29, 0.717) is 6.04 Å². The number of benzene rings is 1. The third-order valence-corrected chi connectivity index (χ3v) is 5.74. The van der Waals surface area contributed by atoms with E-state index in [4.69, 9.17) is 0 Å². The van der Waals surface area contributed by atoms with E-state index in [1.54, 1.807) is 0 Å². The van der Waals surface area contributed by atoms with Crippen LogP contribution < -0.4 is 10.6 Å². The zero-order chi connectivity index (χ0) is 18.2. The molecular formula is C21H35N5. The second-order valence-electron chi connectivity index (χ2n) is 7.86. The summed E-state index contributed by atoms with van der Waals surface area (Å²) in [5.41, 5.74) is 1.41. The lowest BCUT2D eigenvalue weighted by Gasteiger charge is -2.30. The fourth-order valence-electron chi connectivity index (χ4n) is 4.27. The highest BCUT2D eigenvalue weighted by atomic mass is 15.2. The van der Waals surface area contributed by atoms with Gasteiger partial charge in [0.2, 0.25) is 0 Å². The third-order valence-electron chi connectivity index (χ3n) is 5.74. The first kappa shape index (κ1) is 19.2. The molecule has 2 unspecified atom stereocenters. The minimum Gasteiger partial charge on any atom is -0.356 e. The molecule has 2 N–H and O–H groups in total. The molecule has 0 aromatic heterocycles. The van der Waals surface area contributed by atoms with Crippen LogP contribution >= 0.6 is 0 Å². The van der Waals surface area contributed by atoms with E-state index in [-0.39, 0.29) is 0 Å². The number of nitrogens with one attached hydrogen (secondary N) is 2. The van der Waals surface area contributed by atoms with Crippen LogP contribution in [0.4, 0.5) is 0 Å². The van der Waals surface area contributed by atoms with Crippen molar-refractivity contribution < 1.29 is 0 Å². The molecule has 26 heavy (non-hydrogen) atoms. The molecule has 1 aromatic carbocycles. The van der Waals surface area contributed by atoms with Gasteiger partial charge in [0.1, 0.15) is 0 Å². The average molecular weight is 358 g/mol. The number of likely N-dealkylation sites (tertiary alicyclic amines) is 2. The molecule has 2 fully saturated rings. The Balaban J connectivity index is 1.42. The maximum atomic E-state index is 4.42. The molecule has 0 saturated carbocycles. The summed E-state index contributed by atoms with van der Waals surface area (Å²) in [7, 11) is 4.10. The summed E-state index contributed by atoms with van der Waals surface area (Å²) in [5, 5.41) is 7.10. The van der Waals surface area contributed by atoms with Crippen molar-refractivity contribution in [1.29, 1.82) is 0 Å². The van der Waals surface area contributed by atoms with Crippen LogP contribution in [0.5, 0.6) is 0 Å². The highest BCUT2D eigenvalue weighted by molar-refractivity contribution is 5.79. The van der Waals surface area contributed by atoms with Crippen molar-refractivity contribution in [1.82, 2.24) is 20.4 Å². The fraction of sp³-hybridized carbons (Fsp3) is 0.667. The Bertz CT molecular complexity index is 559. The van der Waals surface area contributed by atoms with E-state index in [2.05, 4.69) is 62.8 Å². The van der Waals surface area contributed by atoms with E-state index in [1.807, 2.05) is 7.05 Å². The summed E-state index contributed by atoms with van der Waals surface area (Å²) in [4.78, 5) is 9.46. The van der Waals surface area contributed by atoms with Crippen LogP contribution in [0.15, 0.2) is 35.3 Å². The molecule has 2 atom stereocenters. The van der Waals surface area contributed by atoms with Crippen molar-refractivity contribution in [2.45, 2.75) is 38.3 Å². The Kier molecular flexibility index (Phi) is 7.32. The maximum Gasteiger partial charge on any atom is 0.191 e. The topological polar surface area (TPSA) is 42.9 Å². The van der Waals surface area contributed by atoms with Crippen LogP contribution in [0.25, 0.3) is 0 Å². The molecule has 2 saturated heterocycles. The monoisotopic (exact) mass is 357 g/mol. The molecule has 0 aliphatic carbocycles. The van der Waals surface area contributed by atoms with E-state index in [0.717, 1.165) is 31.5 Å². The predicted octanol–water partition coefficient (Wildman–Crippen LogP) is 2.16. The maximum absolute atomic E-state index is 4.42. The van der Waals surface area contributed by atoms with Crippen molar-refractivity contribution in [3.05, 3.63) is 35.9 Å². The predicted molar refractivity (Wildman–Crippen MR) is 109 cm³/mol. The van der Waals surface area contributed by atoms with Crippen molar-refractivity contribution in [2.24, 2.45) is 10.9 Å². The lowest BCUT2D eigenvalue weighted by molar-refractivity contribution is 0.210. The normalized spacial score (nSPS) is 25.4. The average Bonchev–Trinajstić information content (AvgIpc) is 3.10.